The predicted octanol–water partition coefficient (Wildman–Crippen LogP) is 5.10. The molecule has 1 N–H and O–H groups in total. The first-order valence-electron chi connectivity index (χ1n) is 9.65. The fourth-order valence-electron chi connectivity index (χ4n) is 3.67. The van der Waals surface area contributed by atoms with Crippen LogP contribution in [0, 0.1) is 6.92 Å². The molecule has 0 aliphatic carbocycles. The van der Waals surface area contributed by atoms with Gasteiger partial charge in [0.1, 0.15) is 5.52 Å². The van der Waals surface area contributed by atoms with Crippen molar-refractivity contribution in [3.63, 3.8) is 0 Å². The number of imidazole rings is 1. The van der Waals surface area contributed by atoms with E-state index in [1.54, 1.807) is 12.4 Å². The summed E-state index contributed by atoms with van der Waals surface area (Å²) in [5, 5.41) is 0. The number of H-pyrrole nitrogens is 1. The van der Waals surface area contributed by atoms with Crippen molar-refractivity contribution in [3.8, 4) is 22.4 Å². The Balaban J connectivity index is 1.68. The van der Waals surface area contributed by atoms with Gasteiger partial charge in [0, 0.05) is 34.8 Å². The minimum Gasteiger partial charge on any atom is -0.344 e. The van der Waals surface area contributed by atoms with E-state index in [0.717, 1.165) is 50.3 Å². The molecule has 0 aliphatic rings. The molecule has 0 amide bonds. The molecule has 4 heterocycles. The molecule has 6 nitrogen and oxygen atoms in total. The Morgan fingerprint density at radius 1 is 0.966 bits per heavy atom. The summed E-state index contributed by atoms with van der Waals surface area (Å²) in [6, 6.07) is 10.3. The van der Waals surface area contributed by atoms with E-state index >= 15 is 0 Å². The van der Waals surface area contributed by atoms with Crippen molar-refractivity contribution in [2.75, 3.05) is 0 Å². The zero-order chi connectivity index (χ0) is 20.2. The summed E-state index contributed by atoms with van der Waals surface area (Å²) in [5.74, 6) is 0. The summed E-state index contributed by atoms with van der Waals surface area (Å²) in [7, 11) is 0. The highest BCUT2D eigenvalue weighted by molar-refractivity contribution is 5.94. The number of nitrogens with zero attached hydrogens (tertiary/aromatic N) is 5. The number of fused-ring (bicyclic) bond motifs is 2. The van der Waals surface area contributed by atoms with Crippen molar-refractivity contribution < 1.29 is 0 Å². The van der Waals surface area contributed by atoms with Gasteiger partial charge in [-0.3, -0.25) is 4.98 Å². The number of aryl methyl sites for hydroxylation is 1. The van der Waals surface area contributed by atoms with Gasteiger partial charge in [-0.2, -0.15) is 0 Å². The third kappa shape index (κ3) is 2.97. The molecule has 1 aromatic carbocycles. The summed E-state index contributed by atoms with van der Waals surface area (Å²) in [6.07, 6.45) is 7.49. The molecule has 144 valence electrons. The van der Waals surface area contributed by atoms with Crippen LogP contribution >= 0.6 is 0 Å². The molecule has 6 heteroatoms. The SMILES string of the molecule is Cc1cc(-c2cnc3[nH]cc(-c4ccc5ncn(C(C)(C)C)c5c4)c3n2)ccn1. The first-order chi connectivity index (χ1) is 13.9. The smallest absolute Gasteiger partial charge is 0.156 e. The van der Waals surface area contributed by atoms with E-state index in [0.29, 0.717) is 0 Å². The van der Waals surface area contributed by atoms with Gasteiger partial charge in [0.15, 0.2) is 5.65 Å². The second kappa shape index (κ2) is 6.24. The molecule has 0 fully saturated rings. The van der Waals surface area contributed by atoms with Crippen molar-refractivity contribution in [1.29, 1.82) is 0 Å². The lowest BCUT2D eigenvalue weighted by Gasteiger charge is -2.21. The van der Waals surface area contributed by atoms with E-state index < -0.39 is 0 Å². The highest BCUT2D eigenvalue weighted by atomic mass is 15.1. The third-order valence-electron chi connectivity index (χ3n) is 5.15. The number of pyridine rings is 1. The highest BCUT2D eigenvalue weighted by Crippen LogP contribution is 2.31. The molecule has 0 saturated heterocycles. The molecule has 0 bridgehead atoms. The number of nitrogens with one attached hydrogen (secondary N) is 1. The molecule has 0 unspecified atom stereocenters. The number of benzene rings is 1. The number of rotatable bonds is 2. The Bertz CT molecular complexity index is 1350. The van der Waals surface area contributed by atoms with Crippen LogP contribution in [0.15, 0.2) is 55.2 Å². The zero-order valence-electron chi connectivity index (χ0n) is 16.9. The lowest BCUT2D eigenvalue weighted by atomic mass is 10.1. The van der Waals surface area contributed by atoms with Gasteiger partial charge in [-0.05, 0) is 57.5 Å². The normalized spacial score (nSPS) is 12.1. The molecular weight excluding hydrogens is 360 g/mol. The largest absolute Gasteiger partial charge is 0.344 e. The van der Waals surface area contributed by atoms with Gasteiger partial charge >= 0.3 is 0 Å². The molecule has 0 saturated carbocycles. The fourth-order valence-corrected chi connectivity index (χ4v) is 3.67. The average Bonchev–Trinajstić information content (AvgIpc) is 3.30. The summed E-state index contributed by atoms with van der Waals surface area (Å²) in [6.45, 7) is 8.52. The van der Waals surface area contributed by atoms with Gasteiger partial charge in [-0.25, -0.2) is 15.0 Å². The minimum absolute atomic E-state index is 0.0419. The Labute approximate surface area is 168 Å². The molecular formula is C23H22N6. The van der Waals surface area contributed by atoms with Gasteiger partial charge < -0.3 is 9.55 Å². The number of aromatic nitrogens is 6. The van der Waals surface area contributed by atoms with Gasteiger partial charge in [0.2, 0.25) is 0 Å². The van der Waals surface area contributed by atoms with E-state index in [9.17, 15) is 0 Å². The molecule has 5 aromatic rings. The summed E-state index contributed by atoms with van der Waals surface area (Å²) < 4.78 is 2.21. The van der Waals surface area contributed by atoms with E-state index in [2.05, 4.69) is 63.5 Å². The fraction of sp³-hybridized carbons (Fsp3) is 0.217. The molecule has 5 rings (SSSR count). The second-order valence-corrected chi connectivity index (χ2v) is 8.33. The quantitative estimate of drug-likeness (QED) is 0.461. The van der Waals surface area contributed by atoms with Gasteiger partial charge in [0.05, 0.1) is 29.3 Å². The summed E-state index contributed by atoms with van der Waals surface area (Å²) in [4.78, 5) is 21.6. The lowest BCUT2D eigenvalue weighted by molar-refractivity contribution is 0.408. The monoisotopic (exact) mass is 382 g/mol. The van der Waals surface area contributed by atoms with Crippen LogP contribution in [-0.2, 0) is 5.54 Å². The highest BCUT2D eigenvalue weighted by Gasteiger charge is 2.17. The Hall–Kier alpha value is -3.54. The summed E-state index contributed by atoms with van der Waals surface area (Å²) in [5.41, 5.74) is 8.62. The van der Waals surface area contributed by atoms with Crippen molar-refractivity contribution in [3.05, 3.63) is 60.9 Å². The van der Waals surface area contributed by atoms with Crippen molar-refractivity contribution in [1.82, 2.24) is 29.5 Å². The summed E-state index contributed by atoms with van der Waals surface area (Å²) >= 11 is 0. The maximum absolute atomic E-state index is 4.92. The van der Waals surface area contributed by atoms with E-state index in [1.807, 2.05) is 31.6 Å². The maximum Gasteiger partial charge on any atom is 0.156 e. The topological polar surface area (TPSA) is 72.3 Å². The van der Waals surface area contributed by atoms with Gasteiger partial charge in [-0.1, -0.05) is 6.07 Å². The van der Waals surface area contributed by atoms with Crippen molar-refractivity contribution in [2.24, 2.45) is 0 Å². The van der Waals surface area contributed by atoms with Crippen LogP contribution in [0.1, 0.15) is 26.5 Å². The minimum atomic E-state index is -0.0419. The number of aromatic amines is 1. The van der Waals surface area contributed by atoms with Gasteiger partial charge in [0.25, 0.3) is 0 Å². The van der Waals surface area contributed by atoms with Crippen LogP contribution in [0.2, 0.25) is 0 Å². The Morgan fingerprint density at radius 3 is 2.62 bits per heavy atom. The first-order valence-corrected chi connectivity index (χ1v) is 9.65. The van der Waals surface area contributed by atoms with Crippen molar-refractivity contribution in [2.45, 2.75) is 33.2 Å². The van der Waals surface area contributed by atoms with Crippen LogP contribution in [-0.4, -0.2) is 29.5 Å². The Kier molecular flexibility index (Phi) is 3.77. The van der Waals surface area contributed by atoms with Crippen molar-refractivity contribution >= 4 is 22.2 Å². The van der Waals surface area contributed by atoms with Crippen LogP contribution in [0.25, 0.3) is 44.6 Å². The number of hydrogen-bond acceptors (Lipinski definition) is 4. The molecule has 0 spiro atoms. The van der Waals surface area contributed by atoms with Crippen LogP contribution in [0.4, 0.5) is 0 Å². The van der Waals surface area contributed by atoms with E-state index in [-0.39, 0.29) is 5.54 Å². The predicted molar refractivity (Wildman–Crippen MR) is 116 cm³/mol. The maximum atomic E-state index is 4.92. The Morgan fingerprint density at radius 2 is 1.83 bits per heavy atom. The molecule has 0 atom stereocenters. The molecule has 29 heavy (non-hydrogen) atoms. The van der Waals surface area contributed by atoms with E-state index in [1.165, 1.54) is 0 Å². The van der Waals surface area contributed by atoms with Crippen LogP contribution in [0.3, 0.4) is 0 Å². The average molecular weight is 382 g/mol. The van der Waals surface area contributed by atoms with Crippen LogP contribution in [0.5, 0.6) is 0 Å². The molecule has 0 radical (unpaired) electrons. The second-order valence-electron chi connectivity index (χ2n) is 8.33. The number of hydrogen-bond donors (Lipinski definition) is 1. The zero-order valence-corrected chi connectivity index (χ0v) is 16.9. The third-order valence-corrected chi connectivity index (χ3v) is 5.15. The standard InChI is InChI=1S/C23H22N6/c1-14-9-16(7-8-24-14)19-12-26-22-21(28-19)17(11-25-22)15-5-6-18-20(10-15)29(13-27-18)23(2,3)4/h5-13H,1-4H3,(H,25,26). The van der Waals surface area contributed by atoms with E-state index in [4.69, 9.17) is 4.98 Å². The molecule has 4 aromatic heterocycles. The van der Waals surface area contributed by atoms with Crippen LogP contribution < -0.4 is 0 Å². The first kappa shape index (κ1) is 17.6. The lowest BCUT2D eigenvalue weighted by Crippen LogP contribution is -2.20. The molecule has 0 aliphatic heterocycles. The van der Waals surface area contributed by atoms with Gasteiger partial charge in [-0.15, -0.1) is 0 Å².